The smallest absolute Gasteiger partial charge is 0.370 e. The summed E-state index contributed by atoms with van der Waals surface area (Å²) < 4.78 is 25.3. The maximum absolute atomic E-state index is 11.9. The van der Waals surface area contributed by atoms with Gasteiger partial charge >= 0.3 is 13.9 Å². The molecule has 0 spiro atoms. The van der Waals surface area contributed by atoms with Crippen molar-refractivity contribution >= 4 is 19.8 Å². The molecule has 14 heavy (non-hydrogen) atoms. The lowest BCUT2D eigenvalue weighted by atomic mass is 10.2. The maximum Gasteiger partial charge on any atom is 0.569 e. The van der Waals surface area contributed by atoms with Crippen LogP contribution in [0.3, 0.4) is 0 Å². The second-order valence-corrected chi connectivity index (χ2v) is 3.56. The van der Waals surface area contributed by atoms with Crippen LogP contribution in [0.15, 0.2) is 0 Å². The van der Waals surface area contributed by atoms with Crippen LogP contribution in [0.5, 0.6) is 0 Å². The van der Waals surface area contributed by atoms with E-state index in [-0.39, 0.29) is 12.8 Å². The second kappa shape index (κ2) is 5.04. The topological polar surface area (TPSA) is 133 Å². The van der Waals surface area contributed by atoms with Gasteiger partial charge in [0.2, 0.25) is 5.91 Å². The van der Waals surface area contributed by atoms with Gasteiger partial charge in [0.05, 0.1) is 0 Å². The molecular formula is C5H10FN2O5P. The van der Waals surface area contributed by atoms with Gasteiger partial charge < -0.3 is 16.0 Å². The Morgan fingerprint density at radius 1 is 1.57 bits per heavy atom. The fourth-order valence-electron chi connectivity index (χ4n) is 0.594. The van der Waals surface area contributed by atoms with Gasteiger partial charge in [-0.05, 0) is 6.42 Å². The molecule has 1 unspecified atom stereocenters. The first-order chi connectivity index (χ1) is 6.22. The highest BCUT2D eigenvalue weighted by Crippen LogP contribution is 2.43. The molecule has 0 heterocycles. The number of halogens is 1. The number of nitrogens with two attached hydrogens (primary N) is 2. The summed E-state index contributed by atoms with van der Waals surface area (Å²) in [4.78, 5) is 29.0. The zero-order valence-corrected chi connectivity index (χ0v) is 7.95. The van der Waals surface area contributed by atoms with Crippen molar-refractivity contribution in [3.8, 4) is 0 Å². The number of amides is 1. The minimum atomic E-state index is -5.37. The molecule has 5 N–H and O–H groups in total. The molecule has 0 aliphatic rings. The average molecular weight is 228 g/mol. The standard InChI is InChI=1S/C5H10FN2O5P/c6-14(11,12)13-5(10)3(7)1-2-4(8)9/h3H,1-2,7H2,(H2,8,9)(H,11,12)/t3-/m0/s1. The number of rotatable bonds is 5. The number of carbonyl (C=O) groups is 2. The Hall–Kier alpha value is -0.980. The van der Waals surface area contributed by atoms with E-state index in [0.29, 0.717) is 0 Å². The van der Waals surface area contributed by atoms with Crippen LogP contribution in [0.4, 0.5) is 4.20 Å². The fraction of sp³-hybridized carbons (Fsp3) is 0.600. The highest BCUT2D eigenvalue weighted by atomic mass is 31.2. The molecule has 0 aliphatic heterocycles. The molecule has 0 saturated heterocycles. The maximum atomic E-state index is 11.9. The molecule has 2 atom stereocenters. The summed E-state index contributed by atoms with van der Waals surface area (Å²) in [6.07, 6.45) is -0.369. The average Bonchev–Trinajstić information content (AvgIpc) is 1.96. The summed E-state index contributed by atoms with van der Waals surface area (Å²) in [5.74, 6) is -2.08. The van der Waals surface area contributed by atoms with E-state index in [9.17, 15) is 18.4 Å². The van der Waals surface area contributed by atoms with Gasteiger partial charge in [0, 0.05) is 6.42 Å². The summed E-state index contributed by atoms with van der Waals surface area (Å²) >= 11 is 0. The Labute approximate surface area is 78.9 Å². The Balaban J connectivity index is 4.01. The third kappa shape index (κ3) is 6.53. The summed E-state index contributed by atoms with van der Waals surface area (Å²) in [6.45, 7) is 0. The largest absolute Gasteiger partial charge is 0.569 e. The third-order valence-corrected chi connectivity index (χ3v) is 1.61. The van der Waals surface area contributed by atoms with Crippen molar-refractivity contribution in [3.63, 3.8) is 0 Å². The predicted molar refractivity (Wildman–Crippen MR) is 43.4 cm³/mol. The first kappa shape index (κ1) is 13.0. The molecule has 0 aliphatic carbocycles. The van der Waals surface area contributed by atoms with E-state index < -0.39 is 25.8 Å². The molecule has 9 heteroatoms. The Morgan fingerprint density at radius 3 is 2.43 bits per heavy atom. The van der Waals surface area contributed by atoms with Crippen LogP contribution < -0.4 is 11.5 Å². The molecule has 0 bridgehead atoms. The molecule has 0 radical (unpaired) electrons. The first-order valence-corrected chi connectivity index (χ1v) is 4.99. The zero-order chi connectivity index (χ0) is 11.4. The second-order valence-electron chi connectivity index (χ2n) is 2.47. The van der Waals surface area contributed by atoms with Crippen molar-refractivity contribution in [1.82, 2.24) is 0 Å². The van der Waals surface area contributed by atoms with Gasteiger partial charge in [0.25, 0.3) is 0 Å². The van der Waals surface area contributed by atoms with Crippen LogP contribution in [0.1, 0.15) is 12.8 Å². The minimum absolute atomic E-state index is 0.172. The van der Waals surface area contributed by atoms with Crippen LogP contribution in [0.25, 0.3) is 0 Å². The normalized spacial score (nSPS) is 16.8. The SMILES string of the molecule is NC(=O)CC[C@H](N)C(=O)OP(=O)(O)F. The molecule has 82 valence electrons. The minimum Gasteiger partial charge on any atom is -0.370 e. The van der Waals surface area contributed by atoms with Crippen molar-refractivity contribution in [1.29, 1.82) is 0 Å². The zero-order valence-electron chi connectivity index (χ0n) is 7.05. The van der Waals surface area contributed by atoms with Crippen LogP contribution in [0.2, 0.25) is 0 Å². The summed E-state index contributed by atoms with van der Waals surface area (Å²) in [5.41, 5.74) is 9.83. The van der Waals surface area contributed by atoms with Crippen LogP contribution in [-0.2, 0) is 18.7 Å². The van der Waals surface area contributed by atoms with Crippen LogP contribution >= 0.6 is 7.91 Å². The molecule has 0 fully saturated rings. The highest BCUT2D eigenvalue weighted by Gasteiger charge is 2.27. The number of primary amides is 1. The first-order valence-electron chi connectivity index (χ1n) is 3.52. The van der Waals surface area contributed by atoms with E-state index in [1.54, 1.807) is 0 Å². The lowest BCUT2D eigenvalue weighted by Gasteiger charge is -2.09. The molecular weight excluding hydrogens is 218 g/mol. The van der Waals surface area contributed by atoms with Gasteiger partial charge in [-0.3, -0.25) is 9.69 Å². The Kier molecular flexibility index (Phi) is 4.69. The van der Waals surface area contributed by atoms with Crippen molar-refractivity contribution in [2.45, 2.75) is 18.9 Å². The van der Waals surface area contributed by atoms with Crippen molar-refractivity contribution in [2.24, 2.45) is 11.5 Å². The summed E-state index contributed by atoms with van der Waals surface area (Å²) in [6, 6.07) is -1.35. The number of hydrogen-bond donors (Lipinski definition) is 3. The lowest BCUT2D eigenvalue weighted by molar-refractivity contribution is -0.137. The van der Waals surface area contributed by atoms with Gasteiger partial charge in [0.15, 0.2) is 0 Å². The molecule has 0 saturated carbocycles. The van der Waals surface area contributed by atoms with Crippen LogP contribution in [-0.4, -0.2) is 22.8 Å². The van der Waals surface area contributed by atoms with Crippen molar-refractivity contribution < 1.29 is 27.8 Å². The van der Waals surface area contributed by atoms with E-state index in [2.05, 4.69) is 4.52 Å². The van der Waals surface area contributed by atoms with Gasteiger partial charge in [-0.2, -0.15) is 0 Å². The molecule has 0 rings (SSSR count). The monoisotopic (exact) mass is 228 g/mol. The van der Waals surface area contributed by atoms with Crippen molar-refractivity contribution in [3.05, 3.63) is 0 Å². The lowest BCUT2D eigenvalue weighted by Crippen LogP contribution is -2.32. The van der Waals surface area contributed by atoms with Gasteiger partial charge in [0.1, 0.15) is 6.04 Å². The fourth-order valence-corrected chi connectivity index (χ4v) is 0.952. The summed E-state index contributed by atoms with van der Waals surface area (Å²) in [7, 11) is -5.37. The Morgan fingerprint density at radius 2 is 2.07 bits per heavy atom. The number of carbonyl (C=O) groups excluding carboxylic acids is 2. The van der Waals surface area contributed by atoms with Crippen LogP contribution in [0, 0.1) is 0 Å². The third-order valence-electron chi connectivity index (χ3n) is 1.21. The highest BCUT2D eigenvalue weighted by molar-refractivity contribution is 7.47. The molecule has 0 aromatic carbocycles. The molecule has 7 nitrogen and oxygen atoms in total. The van der Waals surface area contributed by atoms with Gasteiger partial charge in [-0.25, -0.2) is 9.36 Å². The number of hydrogen-bond acceptors (Lipinski definition) is 5. The van der Waals surface area contributed by atoms with E-state index in [1.807, 2.05) is 0 Å². The molecule has 1 amide bonds. The van der Waals surface area contributed by atoms with Gasteiger partial charge in [-0.1, -0.05) is 0 Å². The van der Waals surface area contributed by atoms with Gasteiger partial charge in [-0.15, -0.1) is 4.20 Å². The van der Waals surface area contributed by atoms with E-state index in [4.69, 9.17) is 16.4 Å². The molecule has 0 aromatic heterocycles. The summed E-state index contributed by atoms with van der Waals surface area (Å²) in [5, 5.41) is 0. The Bertz CT molecular complexity index is 277. The quantitative estimate of drug-likeness (QED) is 0.527. The van der Waals surface area contributed by atoms with E-state index in [1.165, 1.54) is 0 Å². The van der Waals surface area contributed by atoms with Crippen molar-refractivity contribution in [2.75, 3.05) is 0 Å². The van der Waals surface area contributed by atoms with E-state index >= 15 is 0 Å². The van der Waals surface area contributed by atoms with E-state index in [0.717, 1.165) is 0 Å². The predicted octanol–water partition coefficient (Wildman–Crippen LogP) is -0.808. The molecule has 0 aromatic rings.